The summed E-state index contributed by atoms with van der Waals surface area (Å²) < 4.78 is 29.5. The number of Topliss-reactive ketones (excluding diaryl/α,β-unsaturated/α-hetero) is 1. The zero-order chi connectivity index (χ0) is 19.9. The van der Waals surface area contributed by atoms with Crippen molar-refractivity contribution < 1.29 is 13.2 Å². The number of ketones is 1. The maximum absolute atomic E-state index is 13.3. The van der Waals surface area contributed by atoms with E-state index >= 15 is 0 Å². The van der Waals surface area contributed by atoms with Crippen LogP contribution in [0.5, 0.6) is 0 Å². The molecule has 4 rings (SSSR count). The molecule has 3 heterocycles. The summed E-state index contributed by atoms with van der Waals surface area (Å²) in [6.07, 6.45) is 7.20. The van der Waals surface area contributed by atoms with E-state index in [2.05, 4.69) is 9.97 Å². The van der Waals surface area contributed by atoms with Gasteiger partial charge in [0.2, 0.25) is 10.0 Å². The predicted octanol–water partition coefficient (Wildman–Crippen LogP) is 1.65. The fraction of sp³-hybridized carbons (Fsp3) is 0.278. The molecule has 146 valence electrons. The van der Waals surface area contributed by atoms with E-state index < -0.39 is 22.1 Å². The molecule has 0 spiro atoms. The smallest absolute Gasteiger partial charge is 0.245 e. The number of halogens is 1. The molecule has 0 saturated carbocycles. The molecule has 3 aromatic rings. The lowest BCUT2D eigenvalue weighted by atomic mass is 10.0. The second-order valence-corrected chi connectivity index (χ2v) is 8.94. The molecule has 1 aliphatic heterocycles. The molecular formula is C18H18ClN5O3S. The topological polar surface area (TPSA) is 111 Å². The van der Waals surface area contributed by atoms with Gasteiger partial charge in [0.25, 0.3) is 0 Å². The van der Waals surface area contributed by atoms with Crippen LogP contribution in [0.25, 0.3) is 10.8 Å². The second kappa shape index (κ2) is 7.25. The van der Waals surface area contributed by atoms with Gasteiger partial charge in [0.15, 0.2) is 5.78 Å². The van der Waals surface area contributed by atoms with Crippen LogP contribution >= 0.6 is 11.6 Å². The fourth-order valence-electron chi connectivity index (χ4n) is 3.60. The molecule has 2 aromatic heterocycles. The third kappa shape index (κ3) is 3.20. The van der Waals surface area contributed by atoms with Gasteiger partial charge >= 0.3 is 0 Å². The van der Waals surface area contributed by atoms with Crippen LogP contribution in [0.2, 0.25) is 5.02 Å². The zero-order valence-electron chi connectivity index (χ0n) is 14.8. The predicted molar refractivity (Wildman–Crippen MR) is 104 cm³/mol. The molecule has 10 heteroatoms. The summed E-state index contributed by atoms with van der Waals surface area (Å²) in [5.41, 5.74) is 6.21. The Bertz CT molecular complexity index is 1130. The minimum atomic E-state index is -3.94. The number of nitrogens with two attached hydrogens (primary N) is 1. The summed E-state index contributed by atoms with van der Waals surface area (Å²) in [5, 5.41) is 1.27. The quantitative estimate of drug-likeness (QED) is 0.673. The first kappa shape index (κ1) is 19.0. The normalized spacial score (nSPS) is 20.6. The number of imidazole rings is 1. The number of carbonyl (C=O) groups excluding carboxylic acids is 1. The number of hydrogen-bond donors (Lipinski definition) is 1. The first-order valence-electron chi connectivity index (χ1n) is 8.67. The van der Waals surface area contributed by atoms with Crippen molar-refractivity contribution in [1.82, 2.24) is 18.8 Å². The van der Waals surface area contributed by atoms with Crippen LogP contribution < -0.4 is 5.73 Å². The number of aromatic nitrogens is 3. The van der Waals surface area contributed by atoms with Crippen LogP contribution in [0.15, 0.2) is 54.2 Å². The maximum Gasteiger partial charge on any atom is 0.245 e. The van der Waals surface area contributed by atoms with Gasteiger partial charge < -0.3 is 10.3 Å². The molecule has 0 bridgehead atoms. The highest BCUT2D eigenvalue weighted by Gasteiger charge is 2.43. The van der Waals surface area contributed by atoms with Crippen LogP contribution in [0, 0.1) is 5.92 Å². The number of fused-ring (bicyclic) bond motifs is 1. The summed E-state index contributed by atoms with van der Waals surface area (Å²) in [7, 11) is -3.94. The average molecular weight is 420 g/mol. The van der Waals surface area contributed by atoms with Gasteiger partial charge in [-0.3, -0.25) is 9.78 Å². The molecular weight excluding hydrogens is 402 g/mol. The largest absolute Gasteiger partial charge is 0.330 e. The molecule has 1 aliphatic rings. The van der Waals surface area contributed by atoms with Crippen molar-refractivity contribution in [2.24, 2.45) is 11.7 Å². The van der Waals surface area contributed by atoms with E-state index in [-0.39, 0.29) is 28.8 Å². The van der Waals surface area contributed by atoms with Crippen molar-refractivity contribution >= 4 is 38.2 Å². The number of hydrogen-bond acceptors (Lipinski definition) is 6. The molecule has 8 nitrogen and oxygen atoms in total. The molecule has 1 saturated heterocycles. The zero-order valence-corrected chi connectivity index (χ0v) is 16.3. The van der Waals surface area contributed by atoms with Gasteiger partial charge in [0, 0.05) is 42.1 Å². The third-order valence-electron chi connectivity index (χ3n) is 5.00. The number of carbonyl (C=O) groups is 1. The SMILES string of the molecule is N[C@H]1C(C(=O)Cn2ccnc2)CCN1S(=O)(=O)c1cccc2cncc(Cl)c12. The van der Waals surface area contributed by atoms with Gasteiger partial charge in [-0.05, 0) is 12.5 Å². The van der Waals surface area contributed by atoms with E-state index in [9.17, 15) is 13.2 Å². The molecule has 28 heavy (non-hydrogen) atoms. The van der Waals surface area contributed by atoms with Crippen LogP contribution in [-0.4, -0.2) is 45.8 Å². The van der Waals surface area contributed by atoms with E-state index in [4.69, 9.17) is 17.3 Å². The fourth-order valence-corrected chi connectivity index (χ4v) is 5.72. The van der Waals surface area contributed by atoms with Crippen molar-refractivity contribution in [2.45, 2.75) is 24.0 Å². The summed E-state index contributed by atoms with van der Waals surface area (Å²) in [5.74, 6) is -0.701. The Hall–Kier alpha value is -2.33. The lowest BCUT2D eigenvalue weighted by Crippen LogP contribution is -2.46. The van der Waals surface area contributed by atoms with Gasteiger partial charge in [-0.15, -0.1) is 0 Å². The Kier molecular flexibility index (Phi) is 4.92. The van der Waals surface area contributed by atoms with Crippen molar-refractivity contribution in [2.75, 3.05) is 6.54 Å². The molecule has 0 aliphatic carbocycles. The van der Waals surface area contributed by atoms with E-state index in [0.717, 1.165) is 0 Å². The Labute approximate surface area is 167 Å². The molecule has 0 amide bonds. The first-order chi connectivity index (χ1) is 13.4. The summed E-state index contributed by atoms with van der Waals surface area (Å²) in [6, 6.07) is 4.88. The van der Waals surface area contributed by atoms with Crippen LogP contribution in [-0.2, 0) is 21.4 Å². The Morgan fingerprint density at radius 3 is 2.86 bits per heavy atom. The number of nitrogens with zero attached hydrogens (tertiary/aromatic N) is 4. The molecule has 1 aromatic carbocycles. The lowest BCUT2D eigenvalue weighted by Gasteiger charge is -2.24. The van der Waals surface area contributed by atoms with Crippen molar-refractivity contribution in [3.8, 4) is 0 Å². The Morgan fingerprint density at radius 2 is 2.11 bits per heavy atom. The van der Waals surface area contributed by atoms with Crippen molar-refractivity contribution in [3.05, 3.63) is 54.3 Å². The molecule has 0 radical (unpaired) electrons. The van der Waals surface area contributed by atoms with Crippen LogP contribution in [0.4, 0.5) is 0 Å². The van der Waals surface area contributed by atoms with Crippen molar-refractivity contribution in [3.63, 3.8) is 0 Å². The molecule has 1 fully saturated rings. The second-order valence-electron chi connectivity index (χ2n) is 6.68. The highest BCUT2D eigenvalue weighted by Crippen LogP contribution is 2.34. The maximum atomic E-state index is 13.3. The number of pyridine rings is 1. The number of rotatable bonds is 5. The summed E-state index contributed by atoms with van der Waals surface area (Å²) >= 11 is 6.23. The van der Waals surface area contributed by atoms with Gasteiger partial charge in [-0.2, -0.15) is 4.31 Å². The Balaban J connectivity index is 1.65. The van der Waals surface area contributed by atoms with Gasteiger partial charge in [0.05, 0.1) is 34.9 Å². The van der Waals surface area contributed by atoms with E-state index in [1.54, 1.807) is 41.6 Å². The van der Waals surface area contributed by atoms with E-state index in [1.165, 1.54) is 16.6 Å². The number of benzene rings is 1. The minimum absolute atomic E-state index is 0.0653. The van der Waals surface area contributed by atoms with E-state index in [0.29, 0.717) is 17.2 Å². The summed E-state index contributed by atoms with van der Waals surface area (Å²) in [4.78, 5) is 20.6. The first-order valence-corrected chi connectivity index (χ1v) is 10.5. The van der Waals surface area contributed by atoms with Gasteiger partial charge in [-0.25, -0.2) is 13.4 Å². The van der Waals surface area contributed by atoms with Crippen LogP contribution in [0.3, 0.4) is 0 Å². The monoisotopic (exact) mass is 419 g/mol. The average Bonchev–Trinajstić information content (AvgIpc) is 3.31. The molecule has 2 atom stereocenters. The van der Waals surface area contributed by atoms with Crippen molar-refractivity contribution in [1.29, 1.82) is 0 Å². The highest BCUT2D eigenvalue weighted by atomic mass is 35.5. The molecule has 2 N–H and O–H groups in total. The molecule has 1 unspecified atom stereocenters. The number of sulfonamides is 1. The standard InChI is InChI=1S/C18H18ClN5O3S/c19-14-9-22-8-12-2-1-3-16(17(12)14)28(26,27)24-6-4-13(18(24)20)15(25)10-23-7-5-21-11-23/h1-3,5,7-9,11,13,18H,4,6,10,20H2/t13?,18-/m1/s1. The Morgan fingerprint density at radius 1 is 1.29 bits per heavy atom. The van der Waals surface area contributed by atoms with Crippen LogP contribution in [0.1, 0.15) is 6.42 Å². The minimum Gasteiger partial charge on any atom is -0.330 e. The lowest BCUT2D eigenvalue weighted by molar-refractivity contribution is -0.123. The van der Waals surface area contributed by atoms with Gasteiger partial charge in [0.1, 0.15) is 0 Å². The van der Waals surface area contributed by atoms with Gasteiger partial charge in [-0.1, -0.05) is 23.7 Å². The highest BCUT2D eigenvalue weighted by molar-refractivity contribution is 7.89. The third-order valence-corrected chi connectivity index (χ3v) is 7.23. The van der Waals surface area contributed by atoms with E-state index in [1.807, 2.05) is 0 Å². The summed E-state index contributed by atoms with van der Waals surface area (Å²) in [6.45, 7) is 0.279.